The van der Waals surface area contributed by atoms with E-state index in [1.165, 1.54) is 18.2 Å². The molecule has 2 aliphatic rings. The number of carbonyl (C=O) groups excluding carboxylic acids is 1. The molecule has 0 aliphatic carbocycles. The number of rotatable bonds is 6. The predicted octanol–water partition coefficient (Wildman–Crippen LogP) is 2.88. The monoisotopic (exact) mass is 456 g/mol. The van der Waals surface area contributed by atoms with Crippen molar-refractivity contribution in [3.8, 4) is 0 Å². The maximum absolute atomic E-state index is 13.3. The number of halogens is 2. The van der Waals surface area contributed by atoms with E-state index in [1.807, 2.05) is 13.8 Å². The molecular formula is C22H34ClFN4O3. The second kappa shape index (κ2) is 10.4. The van der Waals surface area contributed by atoms with Crippen molar-refractivity contribution in [2.45, 2.75) is 44.9 Å². The van der Waals surface area contributed by atoms with Gasteiger partial charge in [0.15, 0.2) is 0 Å². The smallest absolute Gasteiger partial charge is 0.321 e. The molecular weight excluding hydrogens is 423 g/mol. The van der Waals surface area contributed by atoms with Crippen LogP contribution < -0.4 is 5.32 Å². The summed E-state index contributed by atoms with van der Waals surface area (Å²) in [6.45, 7) is 11.9. The summed E-state index contributed by atoms with van der Waals surface area (Å²) in [6, 6.07) is 4.25. The highest BCUT2D eigenvalue weighted by Gasteiger charge is 2.30. The molecule has 1 aromatic carbocycles. The zero-order valence-electron chi connectivity index (χ0n) is 18.6. The fourth-order valence-electron chi connectivity index (χ4n) is 4.30. The summed E-state index contributed by atoms with van der Waals surface area (Å²) < 4.78 is 19.3. The molecule has 9 heteroatoms. The lowest BCUT2D eigenvalue weighted by Crippen LogP contribution is -2.55. The molecule has 2 heterocycles. The highest BCUT2D eigenvalue weighted by atomic mass is 35.5. The topological polar surface area (TPSA) is 68.3 Å². The van der Waals surface area contributed by atoms with Gasteiger partial charge in [0.1, 0.15) is 5.82 Å². The van der Waals surface area contributed by atoms with Crippen LogP contribution in [0, 0.1) is 5.82 Å². The Morgan fingerprint density at radius 2 is 2.03 bits per heavy atom. The van der Waals surface area contributed by atoms with Crippen molar-refractivity contribution in [3.63, 3.8) is 0 Å². The summed E-state index contributed by atoms with van der Waals surface area (Å²) in [4.78, 5) is 19.0. The number of morpholine rings is 1. The Morgan fingerprint density at radius 1 is 1.32 bits per heavy atom. The van der Waals surface area contributed by atoms with Crippen molar-refractivity contribution in [3.05, 3.63) is 29.0 Å². The lowest BCUT2D eigenvalue weighted by Gasteiger charge is -2.41. The number of ether oxygens (including phenoxy) is 1. The summed E-state index contributed by atoms with van der Waals surface area (Å²) in [5, 5.41) is 12.9. The first-order valence-electron chi connectivity index (χ1n) is 10.9. The number of nitrogens with one attached hydrogen (secondary N) is 1. The van der Waals surface area contributed by atoms with E-state index in [4.69, 9.17) is 16.3 Å². The Balaban J connectivity index is 1.43. The molecule has 0 aromatic heterocycles. The molecule has 2 atom stereocenters. The number of carbonyl (C=O) groups is 1. The van der Waals surface area contributed by atoms with Gasteiger partial charge >= 0.3 is 6.03 Å². The highest BCUT2D eigenvalue weighted by molar-refractivity contribution is 6.31. The van der Waals surface area contributed by atoms with Crippen LogP contribution >= 0.6 is 11.6 Å². The molecule has 2 aliphatic heterocycles. The van der Waals surface area contributed by atoms with Gasteiger partial charge in [-0.25, -0.2) is 9.18 Å². The lowest BCUT2D eigenvalue weighted by atomic mass is 9.98. The van der Waals surface area contributed by atoms with Crippen molar-refractivity contribution in [1.29, 1.82) is 0 Å². The number of hydrogen-bond acceptors (Lipinski definition) is 5. The molecule has 0 radical (unpaired) electrons. The molecule has 2 fully saturated rings. The van der Waals surface area contributed by atoms with Crippen LogP contribution in [0.1, 0.15) is 27.2 Å². The van der Waals surface area contributed by atoms with E-state index < -0.39 is 11.4 Å². The predicted molar refractivity (Wildman–Crippen MR) is 120 cm³/mol. The summed E-state index contributed by atoms with van der Waals surface area (Å²) in [7, 11) is 0. The van der Waals surface area contributed by atoms with Crippen LogP contribution in [-0.4, -0.2) is 96.0 Å². The van der Waals surface area contributed by atoms with Crippen molar-refractivity contribution in [2.75, 3.05) is 57.7 Å². The van der Waals surface area contributed by atoms with Gasteiger partial charge in [-0.05, 0) is 45.4 Å². The molecule has 31 heavy (non-hydrogen) atoms. The molecule has 0 bridgehead atoms. The number of nitrogens with zero attached hydrogens (tertiary/aromatic N) is 3. The summed E-state index contributed by atoms with van der Waals surface area (Å²) in [5.41, 5.74) is -0.196. The van der Waals surface area contributed by atoms with Gasteiger partial charge < -0.3 is 20.1 Å². The summed E-state index contributed by atoms with van der Waals surface area (Å²) in [5.74, 6) is -0.508. The van der Waals surface area contributed by atoms with Gasteiger partial charge in [0.05, 0.1) is 23.3 Å². The van der Waals surface area contributed by atoms with Crippen molar-refractivity contribution in [2.24, 2.45) is 0 Å². The standard InChI is InChI=1S/C22H34ClFN4O3/c1-16(13-22(2,3)30)28-10-11-31-18(15-28)14-26-6-8-27(9-7-26)21(29)25-17-4-5-20(24)19(23)12-17/h4-5,12,16,18,30H,6-11,13-15H2,1-3H3,(H,25,29)/t16?,18-/m0/s1. The summed E-state index contributed by atoms with van der Waals surface area (Å²) in [6.07, 6.45) is 0.854. The highest BCUT2D eigenvalue weighted by Crippen LogP contribution is 2.21. The molecule has 1 aromatic rings. The van der Waals surface area contributed by atoms with Gasteiger partial charge in [-0.2, -0.15) is 0 Å². The molecule has 0 spiro atoms. The van der Waals surface area contributed by atoms with Crippen LogP contribution in [0.2, 0.25) is 5.02 Å². The van der Waals surface area contributed by atoms with Gasteiger partial charge in [-0.1, -0.05) is 11.6 Å². The first-order chi connectivity index (χ1) is 14.6. The second-order valence-corrected chi connectivity index (χ2v) is 9.61. The zero-order chi connectivity index (χ0) is 22.6. The Bertz CT molecular complexity index is 753. The Morgan fingerprint density at radius 3 is 2.68 bits per heavy atom. The minimum atomic E-state index is -0.677. The van der Waals surface area contributed by atoms with Gasteiger partial charge in [-0.15, -0.1) is 0 Å². The molecule has 2 saturated heterocycles. The van der Waals surface area contributed by atoms with Gasteiger partial charge in [0.2, 0.25) is 0 Å². The van der Waals surface area contributed by atoms with E-state index in [2.05, 4.69) is 22.0 Å². The number of piperazine rings is 1. The van der Waals surface area contributed by atoms with Gasteiger partial charge in [0, 0.05) is 57.5 Å². The Labute approximate surface area is 189 Å². The number of benzene rings is 1. The van der Waals surface area contributed by atoms with Gasteiger partial charge in [-0.3, -0.25) is 9.80 Å². The van der Waals surface area contributed by atoms with E-state index in [9.17, 15) is 14.3 Å². The third kappa shape index (κ3) is 7.29. The third-order valence-electron chi connectivity index (χ3n) is 5.88. The minimum absolute atomic E-state index is 0.0129. The Hall–Kier alpha value is -1.45. The molecule has 2 N–H and O–H groups in total. The van der Waals surface area contributed by atoms with Crippen molar-refractivity contribution >= 4 is 23.3 Å². The van der Waals surface area contributed by atoms with Crippen LogP contribution in [0.5, 0.6) is 0 Å². The number of anilines is 1. The quantitative estimate of drug-likeness (QED) is 0.689. The van der Waals surface area contributed by atoms with Crippen LogP contribution in [0.15, 0.2) is 18.2 Å². The SMILES string of the molecule is CC(CC(C)(C)O)N1CCO[C@@H](CN2CCN(C(=O)Nc3ccc(F)c(Cl)c3)CC2)C1. The van der Waals surface area contributed by atoms with Crippen LogP contribution in [0.4, 0.5) is 14.9 Å². The average Bonchev–Trinajstić information content (AvgIpc) is 2.70. The minimum Gasteiger partial charge on any atom is -0.390 e. The van der Waals surface area contributed by atoms with E-state index in [0.29, 0.717) is 31.4 Å². The number of hydrogen-bond donors (Lipinski definition) is 2. The molecule has 3 rings (SSSR count). The molecule has 174 valence electrons. The first-order valence-corrected chi connectivity index (χ1v) is 11.3. The third-order valence-corrected chi connectivity index (χ3v) is 6.17. The molecule has 1 unspecified atom stereocenters. The Kier molecular flexibility index (Phi) is 8.15. The maximum Gasteiger partial charge on any atom is 0.321 e. The van der Waals surface area contributed by atoms with Gasteiger partial charge in [0.25, 0.3) is 0 Å². The first kappa shape index (κ1) is 24.2. The van der Waals surface area contributed by atoms with Crippen molar-refractivity contribution in [1.82, 2.24) is 14.7 Å². The normalized spacial score (nSPS) is 22.4. The average molecular weight is 457 g/mol. The number of amides is 2. The zero-order valence-corrected chi connectivity index (χ0v) is 19.4. The number of aliphatic hydroxyl groups is 1. The largest absolute Gasteiger partial charge is 0.390 e. The number of urea groups is 1. The molecule has 7 nitrogen and oxygen atoms in total. The van der Waals surface area contributed by atoms with Crippen LogP contribution in [-0.2, 0) is 4.74 Å². The van der Waals surface area contributed by atoms with E-state index >= 15 is 0 Å². The summed E-state index contributed by atoms with van der Waals surface area (Å²) >= 11 is 5.78. The fraction of sp³-hybridized carbons (Fsp3) is 0.682. The van der Waals surface area contributed by atoms with E-state index in [-0.39, 0.29) is 17.2 Å². The second-order valence-electron chi connectivity index (χ2n) is 9.20. The lowest BCUT2D eigenvalue weighted by molar-refractivity contribution is -0.0666. The van der Waals surface area contributed by atoms with Crippen LogP contribution in [0.3, 0.4) is 0 Å². The van der Waals surface area contributed by atoms with Crippen LogP contribution in [0.25, 0.3) is 0 Å². The van der Waals surface area contributed by atoms with Crippen molar-refractivity contribution < 1.29 is 19.0 Å². The molecule has 2 amide bonds. The van der Waals surface area contributed by atoms with E-state index in [0.717, 1.165) is 39.1 Å². The maximum atomic E-state index is 13.3. The van der Waals surface area contributed by atoms with E-state index in [1.54, 1.807) is 4.90 Å². The molecule has 0 saturated carbocycles. The fourth-order valence-corrected chi connectivity index (χ4v) is 4.48.